The lowest BCUT2D eigenvalue weighted by atomic mass is 9.83. The molecule has 4 aliphatic rings. The molecule has 0 N–H and O–H groups in total. The minimum absolute atomic E-state index is 0.0665. The topological polar surface area (TPSA) is 97.4 Å². The Morgan fingerprint density at radius 2 is 1.44 bits per heavy atom. The fraction of sp³-hybridized carbons (Fsp3) is 0.842. The van der Waals surface area contributed by atoms with Crippen LogP contribution in [0.2, 0.25) is 0 Å². The van der Waals surface area contributed by atoms with E-state index in [-0.39, 0.29) is 18.2 Å². The van der Waals surface area contributed by atoms with Crippen molar-refractivity contribution in [2.24, 2.45) is 5.92 Å². The summed E-state index contributed by atoms with van der Waals surface area (Å²) in [4.78, 5) is 34.1. The summed E-state index contributed by atoms with van der Waals surface area (Å²) >= 11 is 0. The van der Waals surface area contributed by atoms with Gasteiger partial charge in [0.25, 0.3) is 0 Å². The summed E-state index contributed by atoms with van der Waals surface area (Å²) in [5.74, 6) is -1.98. The first-order valence-corrected chi connectivity index (χ1v) is 9.74. The first kappa shape index (κ1) is 20.4. The molecule has 0 aromatic heterocycles. The van der Waals surface area contributed by atoms with E-state index >= 15 is 0 Å². The normalized spacial score (nSPS) is 28.9. The van der Waals surface area contributed by atoms with Crippen molar-refractivity contribution in [1.82, 2.24) is 0 Å². The monoisotopic (exact) mass is 384 g/mol. The number of ketones is 2. The summed E-state index contributed by atoms with van der Waals surface area (Å²) in [6.45, 7) is 4.46. The first-order chi connectivity index (χ1) is 13.0. The number of ether oxygens (including phenoxy) is 5. The van der Waals surface area contributed by atoms with Crippen molar-refractivity contribution >= 4 is 17.5 Å². The maximum absolute atomic E-state index is 11.6. The third-order valence-electron chi connectivity index (χ3n) is 5.42. The van der Waals surface area contributed by atoms with E-state index in [4.69, 9.17) is 23.7 Å². The van der Waals surface area contributed by atoms with Crippen LogP contribution >= 0.6 is 0 Å². The molecule has 2 saturated carbocycles. The highest BCUT2D eigenvalue weighted by molar-refractivity contribution is 5.99. The fourth-order valence-electron chi connectivity index (χ4n) is 3.93. The quantitative estimate of drug-likeness (QED) is 0.522. The van der Waals surface area contributed by atoms with Gasteiger partial charge >= 0.3 is 5.97 Å². The van der Waals surface area contributed by atoms with Crippen molar-refractivity contribution in [3.63, 3.8) is 0 Å². The molecule has 1 unspecified atom stereocenters. The summed E-state index contributed by atoms with van der Waals surface area (Å²) in [5, 5.41) is 0. The molecule has 8 heteroatoms. The van der Waals surface area contributed by atoms with Gasteiger partial charge in [0, 0.05) is 44.9 Å². The Balaban J connectivity index is 0.000000166. The Morgan fingerprint density at radius 1 is 0.926 bits per heavy atom. The van der Waals surface area contributed by atoms with Crippen LogP contribution in [-0.2, 0) is 38.1 Å². The molecule has 0 bridgehead atoms. The van der Waals surface area contributed by atoms with E-state index in [1.54, 1.807) is 6.92 Å². The largest absolute Gasteiger partial charge is 0.465 e. The SMILES string of the molecule is CCOC(=O)C1CC2(CCC1=O)OCCO2.O=C1CCC2(CC1)OCCO2. The number of carbonyl (C=O) groups excluding carboxylic acids is 3. The van der Waals surface area contributed by atoms with Crippen molar-refractivity contribution in [3.05, 3.63) is 0 Å². The van der Waals surface area contributed by atoms with Crippen molar-refractivity contribution in [2.45, 2.75) is 63.4 Å². The van der Waals surface area contributed by atoms with Gasteiger partial charge in [0.2, 0.25) is 0 Å². The van der Waals surface area contributed by atoms with Crippen LogP contribution in [-0.4, -0.2) is 62.1 Å². The van der Waals surface area contributed by atoms with Crippen molar-refractivity contribution in [2.75, 3.05) is 33.0 Å². The number of hydrogen-bond acceptors (Lipinski definition) is 8. The van der Waals surface area contributed by atoms with E-state index in [1.807, 2.05) is 0 Å². The van der Waals surface area contributed by atoms with Gasteiger partial charge in [0.15, 0.2) is 11.6 Å². The van der Waals surface area contributed by atoms with Gasteiger partial charge in [-0.25, -0.2) is 0 Å². The van der Waals surface area contributed by atoms with Gasteiger partial charge in [0.1, 0.15) is 17.5 Å². The maximum Gasteiger partial charge on any atom is 0.316 e. The number of rotatable bonds is 2. The van der Waals surface area contributed by atoms with E-state index < -0.39 is 17.7 Å². The summed E-state index contributed by atoms with van der Waals surface area (Å²) in [6.07, 6.45) is 3.92. The Bertz CT molecular complexity index is 548. The summed E-state index contributed by atoms with van der Waals surface area (Å²) < 4.78 is 26.8. The van der Waals surface area contributed by atoms with Crippen molar-refractivity contribution < 1.29 is 38.1 Å². The molecule has 0 aromatic carbocycles. The Hall–Kier alpha value is -1.35. The molecule has 4 fully saturated rings. The van der Waals surface area contributed by atoms with E-state index in [0.29, 0.717) is 64.3 Å². The zero-order valence-corrected chi connectivity index (χ0v) is 15.8. The number of Topliss-reactive ketones (excluding diaryl/α,β-unsaturated/α-hetero) is 2. The Labute approximate surface area is 158 Å². The maximum atomic E-state index is 11.6. The fourth-order valence-corrected chi connectivity index (χ4v) is 3.93. The zero-order valence-electron chi connectivity index (χ0n) is 15.8. The highest BCUT2D eigenvalue weighted by atomic mass is 16.7. The van der Waals surface area contributed by atoms with Crippen LogP contribution in [0, 0.1) is 5.92 Å². The van der Waals surface area contributed by atoms with Gasteiger partial charge in [-0.05, 0) is 6.92 Å². The molecule has 2 saturated heterocycles. The molecule has 2 aliphatic heterocycles. The number of carbonyl (C=O) groups is 3. The molecular weight excluding hydrogens is 356 g/mol. The van der Waals surface area contributed by atoms with Crippen LogP contribution in [0.5, 0.6) is 0 Å². The predicted molar refractivity (Wildman–Crippen MR) is 91.7 cm³/mol. The van der Waals surface area contributed by atoms with Gasteiger partial charge in [0.05, 0.1) is 33.0 Å². The second-order valence-electron chi connectivity index (χ2n) is 7.23. The molecule has 2 heterocycles. The molecule has 2 aliphatic carbocycles. The van der Waals surface area contributed by atoms with Gasteiger partial charge < -0.3 is 23.7 Å². The third-order valence-corrected chi connectivity index (χ3v) is 5.42. The lowest BCUT2D eigenvalue weighted by molar-refractivity contribution is -0.195. The van der Waals surface area contributed by atoms with Crippen LogP contribution < -0.4 is 0 Å². The van der Waals surface area contributed by atoms with E-state index in [2.05, 4.69) is 0 Å². The summed E-state index contributed by atoms with van der Waals surface area (Å²) in [7, 11) is 0. The van der Waals surface area contributed by atoms with Crippen LogP contribution in [0.15, 0.2) is 0 Å². The highest BCUT2D eigenvalue weighted by Crippen LogP contribution is 2.37. The number of esters is 1. The van der Waals surface area contributed by atoms with E-state index in [0.717, 1.165) is 12.8 Å². The van der Waals surface area contributed by atoms with Gasteiger partial charge in [-0.15, -0.1) is 0 Å². The second-order valence-corrected chi connectivity index (χ2v) is 7.23. The third kappa shape index (κ3) is 4.93. The Kier molecular flexibility index (Phi) is 6.62. The minimum atomic E-state index is -0.717. The van der Waals surface area contributed by atoms with Crippen LogP contribution in [0.3, 0.4) is 0 Å². The van der Waals surface area contributed by atoms with Crippen LogP contribution in [0.25, 0.3) is 0 Å². The average molecular weight is 384 g/mol. The van der Waals surface area contributed by atoms with Gasteiger partial charge in [-0.2, -0.15) is 0 Å². The van der Waals surface area contributed by atoms with Gasteiger partial charge in [-0.1, -0.05) is 0 Å². The zero-order chi connectivity index (χ0) is 19.3. The second kappa shape index (κ2) is 8.77. The minimum Gasteiger partial charge on any atom is -0.465 e. The lowest BCUT2D eigenvalue weighted by Crippen LogP contribution is -2.43. The molecule has 152 valence electrons. The molecule has 2 spiro atoms. The van der Waals surface area contributed by atoms with E-state index in [9.17, 15) is 14.4 Å². The molecule has 27 heavy (non-hydrogen) atoms. The van der Waals surface area contributed by atoms with Crippen LogP contribution in [0.4, 0.5) is 0 Å². The van der Waals surface area contributed by atoms with Gasteiger partial charge in [-0.3, -0.25) is 14.4 Å². The summed E-state index contributed by atoms with van der Waals surface area (Å²) in [6, 6.07) is 0. The summed E-state index contributed by atoms with van der Waals surface area (Å²) in [5.41, 5.74) is 0. The van der Waals surface area contributed by atoms with Crippen molar-refractivity contribution in [1.29, 1.82) is 0 Å². The van der Waals surface area contributed by atoms with Crippen LogP contribution in [0.1, 0.15) is 51.9 Å². The lowest BCUT2D eigenvalue weighted by Gasteiger charge is -2.34. The Morgan fingerprint density at radius 3 is 2.00 bits per heavy atom. The van der Waals surface area contributed by atoms with E-state index in [1.165, 1.54) is 0 Å². The molecule has 0 aromatic rings. The molecule has 0 radical (unpaired) electrons. The molecule has 1 atom stereocenters. The average Bonchev–Trinajstić information content (AvgIpc) is 3.31. The predicted octanol–water partition coefficient (Wildman–Crippen LogP) is 1.53. The molecule has 4 rings (SSSR count). The highest BCUT2D eigenvalue weighted by Gasteiger charge is 2.47. The number of hydrogen-bond donors (Lipinski definition) is 0. The molecule has 0 amide bonds. The first-order valence-electron chi connectivity index (χ1n) is 9.74. The smallest absolute Gasteiger partial charge is 0.316 e. The standard InChI is InChI=1S/C11H16O5.C8H12O3/c1-2-14-10(13)8-7-11(4-3-9(8)12)15-5-6-16-11;9-7-1-3-8(4-2-7)10-5-6-11-8/h8H,2-7H2,1H3;1-6H2. The van der Waals surface area contributed by atoms with Crippen molar-refractivity contribution in [3.8, 4) is 0 Å². The molecule has 8 nitrogen and oxygen atoms in total. The molecular formula is C19H28O8.